The SMILES string of the molecule is CN(C)CCC(=O)Nc1ccc(-n2cc(-c3cccc(NC(=S)Nc4cccc(-c5cn(-c6ccc(NC(=O)CCN(C)C)cc6)nn5)c4)c3)nn2)cc1. The minimum atomic E-state index is -0.0306. The highest BCUT2D eigenvalue weighted by atomic mass is 32.1. The van der Waals surface area contributed by atoms with Crippen molar-refractivity contribution in [2.24, 2.45) is 0 Å². The molecule has 0 spiro atoms. The van der Waals surface area contributed by atoms with E-state index in [1.807, 2.05) is 147 Å². The van der Waals surface area contributed by atoms with E-state index in [9.17, 15) is 9.59 Å². The molecule has 54 heavy (non-hydrogen) atoms. The number of nitrogens with one attached hydrogen (secondary N) is 4. The number of amides is 2. The highest BCUT2D eigenvalue weighted by Crippen LogP contribution is 2.24. The Kier molecular flexibility index (Phi) is 12.1. The predicted octanol–water partition coefficient (Wildman–Crippen LogP) is 5.77. The Labute approximate surface area is 319 Å². The Morgan fingerprint density at radius 2 is 0.981 bits per heavy atom. The summed E-state index contributed by atoms with van der Waals surface area (Å²) < 4.78 is 3.38. The summed E-state index contributed by atoms with van der Waals surface area (Å²) in [6, 6.07) is 30.4. The number of anilines is 4. The van der Waals surface area contributed by atoms with Gasteiger partial charge in [0.1, 0.15) is 11.4 Å². The smallest absolute Gasteiger partial charge is 0.225 e. The number of carbonyl (C=O) groups excluding carboxylic acids is 2. The lowest BCUT2D eigenvalue weighted by atomic mass is 10.1. The number of rotatable bonds is 14. The number of thiocarbonyl (C=S) groups is 1. The quantitative estimate of drug-likeness (QED) is 0.101. The van der Waals surface area contributed by atoms with Gasteiger partial charge in [0.15, 0.2) is 5.11 Å². The molecule has 0 bridgehead atoms. The third kappa shape index (κ3) is 10.4. The van der Waals surface area contributed by atoms with Crippen molar-refractivity contribution in [3.63, 3.8) is 0 Å². The van der Waals surface area contributed by atoms with Gasteiger partial charge in [0, 0.05) is 59.8 Å². The van der Waals surface area contributed by atoms with Crippen molar-refractivity contribution < 1.29 is 9.59 Å². The fourth-order valence-electron chi connectivity index (χ4n) is 5.34. The van der Waals surface area contributed by atoms with Gasteiger partial charge in [0.05, 0.1) is 23.8 Å². The van der Waals surface area contributed by atoms with E-state index in [1.165, 1.54) is 0 Å². The summed E-state index contributed by atoms with van der Waals surface area (Å²) in [4.78, 5) is 28.3. The van der Waals surface area contributed by atoms with Crippen LogP contribution in [-0.2, 0) is 9.59 Å². The monoisotopic (exact) mass is 742 g/mol. The average Bonchev–Trinajstić information content (AvgIpc) is 3.86. The third-order valence-corrected chi connectivity index (χ3v) is 8.43. The van der Waals surface area contributed by atoms with Gasteiger partial charge >= 0.3 is 0 Å². The van der Waals surface area contributed by atoms with Crippen molar-refractivity contribution in [2.45, 2.75) is 12.8 Å². The van der Waals surface area contributed by atoms with Crippen molar-refractivity contribution >= 4 is 51.9 Å². The normalized spacial score (nSPS) is 11.1. The van der Waals surface area contributed by atoms with Crippen molar-refractivity contribution in [1.29, 1.82) is 0 Å². The van der Waals surface area contributed by atoms with Gasteiger partial charge in [-0.1, -0.05) is 34.7 Å². The van der Waals surface area contributed by atoms with E-state index in [2.05, 4.69) is 41.9 Å². The van der Waals surface area contributed by atoms with E-state index in [1.54, 1.807) is 9.36 Å². The largest absolute Gasteiger partial charge is 0.332 e. The van der Waals surface area contributed by atoms with E-state index < -0.39 is 0 Å². The maximum absolute atomic E-state index is 12.2. The van der Waals surface area contributed by atoms with Crippen LogP contribution in [0.3, 0.4) is 0 Å². The summed E-state index contributed by atoms with van der Waals surface area (Å²) >= 11 is 5.66. The molecule has 6 aromatic rings. The standard InChI is InChI=1S/C39H42N12O2S/c1-48(2)21-19-37(52)40-29-11-15-33(16-12-29)50-25-35(44-46-50)27-7-5-9-31(23-27)42-39(54)43-32-10-6-8-28(24-32)36-26-51(47-45-36)34-17-13-30(14-18-34)41-38(53)20-22-49(3)4/h5-18,23-26H,19-22H2,1-4H3,(H,40,52)(H,41,53)(H2,42,43,54). The molecular formula is C39H42N12O2S. The molecule has 0 fully saturated rings. The maximum atomic E-state index is 12.2. The fraction of sp³-hybridized carbons (Fsp3) is 0.205. The predicted molar refractivity (Wildman–Crippen MR) is 217 cm³/mol. The highest BCUT2D eigenvalue weighted by Gasteiger charge is 2.11. The molecule has 276 valence electrons. The Balaban J connectivity index is 1.04. The van der Waals surface area contributed by atoms with Gasteiger partial charge in [-0.3, -0.25) is 9.59 Å². The second-order valence-corrected chi connectivity index (χ2v) is 13.5. The summed E-state index contributed by atoms with van der Waals surface area (Å²) in [5, 5.41) is 30.2. The molecule has 0 aliphatic carbocycles. The van der Waals surface area contributed by atoms with E-state index in [-0.39, 0.29) is 11.8 Å². The zero-order chi connectivity index (χ0) is 38.0. The van der Waals surface area contributed by atoms with Gasteiger partial charge in [0.2, 0.25) is 11.8 Å². The molecule has 6 rings (SSSR count). The number of nitrogens with zero attached hydrogens (tertiary/aromatic N) is 8. The Morgan fingerprint density at radius 1 is 0.574 bits per heavy atom. The second kappa shape index (κ2) is 17.5. The van der Waals surface area contributed by atoms with Crippen molar-refractivity contribution in [1.82, 2.24) is 39.8 Å². The van der Waals surface area contributed by atoms with Crippen LogP contribution in [0.5, 0.6) is 0 Å². The first-order chi connectivity index (χ1) is 26.1. The maximum Gasteiger partial charge on any atom is 0.225 e. The van der Waals surface area contributed by atoms with E-state index in [4.69, 9.17) is 12.2 Å². The first-order valence-corrected chi connectivity index (χ1v) is 17.7. The Bertz CT molecular complexity index is 2060. The number of hydrogen-bond donors (Lipinski definition) is 4. The van der Waals surface area contributed by atoms with Gasteiger partial charge in [-0.05, 0) is 113 Å². The summed E-state index contributed by atoms with van der Waals surface area (Å²) in [5.74, 6) is -0.0612. The van der Waals surface area contributed by atoms with Crippen LogP contribution in [0.4, 0.5) is 22.7 Å². The van der Waals surface area contributed by atoms with E-state index >= 15 is 0 Å². The molecule has 15 heteroatoms. The summed E-state index contributed by atoms with van der Waals surface area (Å²) in [5.41, 5.74) is 7.77. The first kappa shape index (κ1) is 37.5. The van der Waals surface area contributed by atoms with Gasteiger partial charge in [-0.2, -0.15) is 0 Å². The van der Waals surface area contributed by atoms with E-state index in [0.29, 0.717) is 42.4 Å². The molecule has 2 heterocycles. The van der Waals surface area contributed by atoms with Gasteiger partial charge in [-0.15, -0.1) is 10.2 Å². The van der Waals surface area contributed by atoms with Crippen LogP contribution in [-0.4, -0.2) is 98.0 Å². The molecule has 0 radical (unpaired) electrons. The number of benzene rings is 4. The molecule has 2 amide bonds. The average molecular weight is 743 g/mol. The third-order valence-electron chi connectivity index (χ3n) is 8.22. The molecule has 0 aliphatic rings. The van der Waals surface area contributed by atoms with Crippen molar-refractivity contribution in [3.05, 3.63) is 109 Å². The molecule has 14 nitrogen and oxygen atoms in total. The lowest BCUT2D eigenvalue weighted by Gasteiger charge is -2.12. The second-order valence-electron chi connectivity index (χ2n) is 13.1. The summed E-state index contributed by atoms with van der Waals surface area (Å²) in [7, 11) is 7.75. The lowest BCUT2D eigenvalue weighted by Crippen LogP contribution is -2.20. The topological polar surface area (TPSA) is 150 Å². The zero-order valence-electron chi connectivity index (χ0n) is 30.5. The van der Waals surface area contributed by atoms with E-state index in [0.717, 1.165) is 45.3 Å². The van der Waals surface area contributed by atoms with Crippen LogP contribution in [0.25, 0.3) is 33.9 Å². The number of hydrogen-bond acceptors (Lipinski definition) is 9. The molecule has 4 N–H and O–H groups in total. The molecular weight excluding hydrogens is 701 g/mol. The lowest BCUT2D eigenvalue weighted by molar-refractivity contribution is -0.117. The van der Waals surface area contributed by atoms with Crippen LogP contribution in [0.15, 0.2) is 109 Å². The minimum Gasteiger partial charge on any atom is -0.332 e. The van der Waals surface area contributed by atoms with Crippen LogP contribution >= 0.6 is 12.2 Å². The van der Waals surface area contributed by atoms with Crippen LogP contribution in [0.2, 0.25) is 0 Å². The Hall–Kier alpha value is -6.29. The van der Waals surface area contributed by atoms with Crippen LogP contribution < -0.4 is 21.3 Å². The van der Waals surface area contributed by atoms with Gasteiger partial charge < -0.3 is 31.1 Å². The number of aromatic nitrogens is 6. The molecule has 2 aromatic heterocycles. The summed E-state index contributed by atoms with van der Waals surface area (Å²) in [6.45, 7) is 1.37. The molecule has 4 aromatic carbocycles. The molecule has 0 unspecified atom stereocenters. The summed E-state index contributed by atoms with van der Waals surface area (Å²) in [6.07, 6.45) is 4.55. The molecule has 0 aliphatic heterocycles. The fourth-order valence-corrected chi connectivity index (χ4v) is 5.58. The van der Waals surface area contributed by atoms with Crippen LogP contribution in [0.1, 0.15) is 12.8 Å². The van der Waals surface area contributed by atoms with Gasteiger partial charge in [0.25, 0.3) is 0 Å². The molecule has 0 saturated carbocycles. The van der Waals surface area contributed by atoms with Crippen molar-refractivity contribution in [2.75, 3.05) is 62.5 Å². The van der Waals surface area contributed by atoms with Crippen LogP contribution in [0, 0.1) is 0 Å². The minimum absolute atomic E-state index is 0.0306. The van der Waals surface area contributed by atoms with Crippen molar-refractivity contribution in [3.8, 4) is 33.9 Å². The first-order valence-electron chi connectivity index (χ1n) is 17.3. The Morgan fingerprint density at radius 3 is 1.37 bits per heavy atom. The highest BCUT2D eigenvalue weighted by molar-refractivity contribution is 7.80. The molecule has 0 saturated heterocycles. The number of carbonyl (C=O) groups is 2. The zero-order valence-corrected chi connectivity index (χ0v) is 31.3. The molecule has 0 atom stereocenters. The van der Waals surface area contributed by atoms with Gasteiger partial charge in [-0.25, -0.2) is 9.36 Å².